The van der Waals surface area contributed by atoms with Gasteiger partial charge in [0.1, 0.15) is 28.4 Å². The zero-order chi connectivity index (χ0) is 42.2. The summed E-state index contributed by atoms with van der Waals surface area (Å²) >= 11 is 7.51. The van der Waals surface area contributed by atoms with E-state index in [9.17, 15) is 24.0 Å². The molecule has 3 aliphatic heterocycles. The van der Waals surface area contributed by atoms with E-state index in [1.807, 2.05) is 32.0 Å². The van der Waals surface area contributed by atoms with Crippen LogP contribution < -0.4 is 31.5 Å². The molecule has 2 fully saturated rings. The highest BCUT2D eigenvalue weighted by molar-refractivity contribution is 7.17. The number of rotatable bonds is 16. The first-order valence-corrected chi connectivity index (χ1v) is 21.2. The Morgan fingerprint density at radius 2 is 1.83 bits per heavy atom. The second kappa shape index (κ2) is 19.7. The first-order valence-electron chi connectivity index (χ1n) is 20.0. The van der Waals surface area contributed by atoms with Crippen LogP contribution >= 0.6 is 22.9 Å². The van der Waals surface area contributed by atoms with Gasteiger partial charge in [0.05, 0.1) is 30.1 Å². The first-order chi connectivity index (χ1) is 29.0. The summed E-state index contributed by atoms with van der Waals surface area (Å²) in [6.07, 6.45) is 3.43. The van der Waals surface area contributed by atoms with Gasteiger partial charge in [-0.05, 0) is 63.4 Å². The Morgan fingerprint density at radius 1 is 1.02 bits per heavy atom. The van der Waals surface area contributed by atoms with Crippen LogP contribution in [0.25, 0.3) is 0 Å². The van der Waals surface area contributed by atoms with Crippen LogP contribution in [0, 0.1) is 13.8 Å². The number of hydrogen-bond donors (Lipinski definition) is 5. The fraction of sp³-hybridized carbons (Fsp3) is 0.415. The van der Waals surface area contributed by atoms with E-state index < -0.39 is 11.9 Å². The Morgan fingerprint density at radius 3 is 2.65 bits per heavy atom. The van der Waals surface area contributed by atoms with Gasteiger partial charge in [-0.1, -0.05) is 41.1 Å². The average molecular weight is 858 g/mol. The maximum atomic E-state index is 13.2. The molecule has 0 bridgehead atoms. The van der Waals surface area contributed by atoms with Crippen molar-refractivity contribution in [2.75, 3.05) is 79.9 Å². The monoisotopic (exact) mass is 857 g/mol. The van der Waals surface area contributed by atoms with E-state index in [2.05, 4.69) is 51.3 Å². The van der Waals surface area contributed by atoms with Gasteiger partial charge in [0.2, 0.25) is 17.7 Å². The quantitative estimate of drug-likeness (QED) is 0.0797. The summed E-state index contributed by atoms with van der Waals surface area (Å²) in [6.45, 7) is 9.88. The number of carbonyl (C=O) groups is 5. The van der Waals surface area contributed by atoms with E-state index in [0.29, 0.717) is 81.8 Å². The third-order valence-corrected chi connectivity index (χ3v) is 11.7. The largest absolute Gasteiger partial charge is 0.380 e. The summed E-state index contributed by atoms with van der Waals surface area (Å²) in [4.78, 5) is 83.4. The number of carbonyl (C=O) groups excluding carboxylic acids is 5. The summed E-state index contributed by atoms with van der Waals surface area (Å²) in [5.41, 5.74) is 3.10. The van der Waals surface area contributed by atoms with Crippen molar-refractivity contribution in [1.29, 1.82) is 0 Å². The first kappa shape index (κ1) is 42.6. The molecule has 4 aromatic rings. The number of hydrogen-bond acceptors (Lipinski definition) is 14. The van der Waals surface area contributed by atoms with Gasteiger partial charge in [0.15, 0.2) is 5.13 Å². The van der Waals surface area contributed by atoms with Gasteiger partial charge in [-0.3, -0.25) is 34.2 Å². The van der Waals surface area contributed by atoms with E-state index in [-0.39, 0.29) is 43.1 Å². The molecule has 60 heavy (non-hydrogen) atoms. The number of imide groups is 1. The molecule has 7 rings (SSSR count). The predicted molar refractivity (Wildman–Crippen MR) is 229 cm³/mol. The Labute approximate surface area is 356 Å². The molecule has 0 spiro atoms. The van der Waals surface area contributed by atoms with Crippen molar-refractivity contribution < 1.29 is 28.7 Å². The van der Waals surface area contributed by atoms with Crippen molar-refractivity contribution in [2.45, 2.75) is 52.1 Å². The molecule has 17 nitrogen and oxygen atoms in total. The number of piperazine rings is 1. The number of ether oxygens (including phenoxy) is 1. The molecule has 2 saturated heterocycles. The van der Waals surface area contributed by atoms with Crippen LogP contribution in [0.3, 0.4) is 0 Å². The molecule has 0 aliphatic carbocycles. The van der Waals surface area contributed by atoms with Crippen molar-refractivity contribution in [3.63, 3.8) is 0 Å². The third kappa shape index (κ3) is 10.6. The SMILES string of the molecule is Cc1nc(Nc2ncc(C(=O)Nc3c(C)cccc3Cl)s2)cc(N2CCN(CCOCCCNCC(=O)Nc3cccc4c3CN(C3CCCC(=O)NC3=O)C4=O)CC2)n1. The summed E-state index contributed by atoms with van der Waals surface area (Å²) in [7, 11) is 0. The molecule has 316 valence electrons. The van der Waals surface area contributed by atoms with Gasteiger partial charge in [-0.2, -0.15) is 0 Å². The Hall–Kier alpha value is -5.53. The average Bonchev–Trinajstić information content (AvgIpc) is 3.78. The van der Waals surface area contributed by atoms with Crippen LogP contribution in [0.1, 0.15) is 62.7 Å². The number of amides is 5. The standard InChI is InChI=1S/C41H48ClN11O6S/c1-25-7-3-9-29(42)37(25)50-39(57)32-22-44-41(60-32)48-33-21-34(46-26(2)45-33)52-16-14-51(15-17-52)18-20-59-19-6-13-43-23-36(55)47-30-10-4-8-27-28(30)24-53(40(27)58)31-11-5-12-35(54)49-38(31)56/h3-4,7-10,21-22,31,43H,5-6,11-20,23-24H2,1-2H3,(H,47,55)(H,50,57)(H,49,54,56)(H,44,45,46,48). The van der Waals surface area contributed by atoms with Gasteiger partial charge in [0.25, 0.3) is 11.8 Å². The minimum Gasteiger partial charge on any atom is -0.380 e. The van der Waals surface area contributed by atoms with E-state index in [1.165, 1.54) is 22.4 Å². The van der Waals surface area contributed by atoms with E-state index >= 15 is 0 Å². The molecule has 5 heterocycles. The van der Waals surface area contributed by atoms with Gasteiger partial charge in [0, 0.05) is 75.2 Å². The van der Waals surface area contributed by atoms with E-state index in [0.717, 1.165) is 50.5 Å². The Bertz CT molecular complexity index is 2230. The van der Waals surface area contributed by atoms with Crippen LogP contribution in [-0.2, 0) is 25.7 Å². The smallest absolute Gasteiger partial charge is 0.267 e. The molecule has 5 N–H and O–H groups in total. The lowest BCUT2D eigenvalue weighted by Gasteiger charge is -2.35. The highest BCUT2D eigenvalue weighted by atomic mass is 35.5. The topological polar surface area (TPSA) is 203 Å². The second-order valence-corrected chi connectivity index (χ2v) is 16.2. The fourth-order valence-electron chi connectivity index (χ4n) is 7.37. The maximum absolute atomic E-state index is 13.2. The molecule has 5 amide bonds. The van der Waals surface area contributed by atoms with Crippen molar-refractivity contribution in [1.82, 2.24) is 35.4 Å². The summed E-state index contributed by atoms with van der Waals surface area (Å²) in [5.74, 6) is 0.436. The van der Waals surface area contributed by atoms with E-state index in [1.54, 1.807) is 24.3 Å². The lowest BCUT2D eigenvalue weighted by Crippen LogP contribution is -2.47. The predicted octanol–water partition coefficient (Wildman–Crippen LogP) is 4.11. The number of benzene rings is 2. The van der Waals surface area contributed by atoms with E-state index in [4.69, 9.17) is 16.3 Å². The normalized spacial score (nSPS) is 17.0. The number of thiazole rings is 1. The van der Waals surface area contributed by atoms with Crippen LogP contribution in [0.15, 0.2) is 48.7 Å². The maximum Gasteiger partial charge on any atom is 0.267 e. The summed E-state index contributed by atoms with van der Waals surface area (Å²) < 4.78 is 5.89. The molecule has 3 aliphatic rings. The minimum absolute atomic E-state index is 0.0950. The van der Waals surface area contributed by atoms with Gasteiger partial charge in [-0.25, -0.2) is 15.0 Å². The van der Waals surface area contributed by atoms with Crippen LogP contribution in [0.4, 0.5) is 28.1 Å². The number of para-hydroxylation sites is 1. The molecule has 2 aromatic carbocycles. The van der Waals surface area contributed by atoms with Crippen molar-refractivity contribution >= 4 is 80.6 Å². The number of nitrogens with one attached hydrogen (secondary N) is 5. The van der Waals surface area contributed by atoms with Crippen LogP contribution in [-0.4, -0.2) is 119 Å². The van der Waals surface area contributed by atoms with Crippen molar-refractivity contribution in [3.8, 4) is 0 Å². The third-order valence-electron chi connectivity index (χ3n) is 10.5. The van der Waals surface area contributed by atoms with Crippen molar-refractivity contribution in [2.24, 2.45) is 0 Å². The number of anilines is 5. The van der Waals surface area contributed by atoms with Crippen molar-refractivity contribution in [3.05, 3.63) is 81.1 Å². The summed E-state index contributed by atoms with van der Waals surface area (Å²) in [5, 5.41) is 15.5. The number of nitrogens with zero attached hydrogens (tertiary/aromatic N) is 6. The fourth-order valence-corrected chi connectivity index (χ4v) is 8.36. The Kier molecular flexibility index (Phi) is 14.0. The molecule has 0 saturated carbocycles. The van der Waals surface area contributed by atoms with Crippen LogP contribution in [0.2, 0.25) is 5.02 Å². The molecular weight excluding hydrogens is 810 g/mol. The zero-order valence-electron chi connectivity index (χ0n) is 33.5. The lowest BCUT2D eigenvalue weighted by molar-refractivity contribution is -0.132. The molecular formula is C41H48ClN11O6S. The Balaban J connectivity index is 0.774. The second-order valence-electron chi connectivity index (χ2n) is 14.8. The summed E-state index contributed by atoms with van der Waals surface area (Å²) in [6, 6.07) is 11.8. The zero-order valence-corrected chi connectivity index (χ0v) is 35.1. The van der Waals surface area contributed by atoms with Gasteiger partial charge < -0.3 is 35.8 Å². The molecule has 2 aromatic heterocycles. The number of aryl methyl sites for hydroxylation is 2. The van der Waals surface area contributed by atoms with Gasteiger partial charge >= 0.3 is 0 Å². The minimum atomic E-state index is -0.728. The lowest BCUT2D eigenvalue weighted by atomic mass is 10.1. The van der Waals surface area contributed by atoms with Crippen LogP contribution in [0.5, 0.6) is 0 Å². The highest BCUT2D eigenvalue weighted by Crippen LogP contribution is 2.33. The number of aromatic nitrogens is 3. The molecule has 19 heteroatoms. The number of fused-ring (bicyclic) bond motifs is 1. The highest BCUT2D eigenvalue weighted by Gasteiger charge is 2.39. The molecule has 1 unspecified atom stereocenters. The van der Waals surface area contributed by atoms with Gasteiger partial charge in [-0.15, -0.1) is 0 Å². The molecule has 1 atom stereocenters. The number of halogens is 1. The molecule has 0 radical (unpaired) electrons.